The van der Waals surface area contributed by atoms with Gasteiger partial charge in [0, 0.05) is 0 Å². The molecular formula is C11H16O3. The van der Waals surface area contributed by atoms with Crippen molar-refractivity contribution in [3.8, 4) is 0 Å². The Morgan fingerprint density at radius 3 is 2.57 bits per heavy atom. The molecular weight excluding hydrogens is 180 g/mol. The second-order valence-electron chi connectivity index (χ2n) is 3.35. The van der Waals surface area contributed by atoms with Crippen LogP contribution in [0.3, 0.4) is 0 Å². The summed E-state index contributed by atoms with van der Waals surface area (Å²) in [5.41, 5.74) is -0.481. The van der Waals surface area contributed by atoms with E-state index in [1.807, 2.05) is 0 Å². The van der Waals surface area contributed by atoms with Crippen molar-refractivity contribution in [2.45, 2.75) is 25.4 Å². The summed E-state index contributed by atoms with van der Waals surface area (Å²) in [5, 5.41) is 8.69. The minimum absolute atomic E-state index is 0.00108. The first-order valence-corrected chi connectivity index (χ1v) is 4.90. The van der Waals surface area contributed by atoms with Gasteiger partial charge in [0.15, 0.2) is 5.78 Å². The van der Waals surface area contributed by atoms with Crippen molar-refractivity contribution >= 4 is 5.78 Å². The lowest BCUT2D eigenvalue weighted by atomic mass is 9.92. The molecule has 3 nitrogen and oxygen atoms in total. The van der Waals surface area contributed by atoms with E-state index in [0.29, 0.717) is 6.61 Å². The molecule has 0 aliphatic heterocycles. The van der Waals surface area contributed by atoms with Crippen LogP contribution >= 0.6 is 0 Å². The molecule has 0 aromatic rings. The van der Waals surface area contributed by atoms with Gasteiger partial charge in [-0.25, -0.2) is 0 Å². The predicted molar refractivity (Wildman–Crippen MR) is 54.0 cm³/mol. The average molecular weight is 196 g/mol. The molecule has 0 aromatic carbocycles. The molecule has 0 spiro atoms. The number of aliphatic hydroxyl groups excluding tert-OH is 1. The van der Waals surface area contributed by atoms with E-state index in [4.69, 9.17) is 9.84 Å². The Morgan fingerprint density at radius 1 is 1.43 bits per heavy atom. The highest BCUT2D eigenvalue weighted by Crippen LogP contribution is 2.24. The van der Waals surface area contributed by atoms with Crippen molar-refractivity contribution < 1.29 is 14.6 Å². The molecule has 0 unspecified atom stereocenters. The highest BCUT2D eigenvalue weighted by Gasteiger charge is 2.26. The molecule has 1 aliphatic rings. The lowest BCUT2D eigenvalue weighted by Crippen LogP contribution is -2.31. The summed E-state index contributed by atoms with van der Waals surface area (Å²) in [5.74, 6) is -0.00988. The Hall–Kier alpha value is -0.930. The lowest BCUT2D eigenvalue weighted by Gasteiger charge is -2.28. The van der Waals surface area contributed by atoms with Crippen molar-refractivity contribution in [1.82, 2.24) is 0 Å². The molecule has 1 N–H and O–H groups in total. The van der Waals surface area contributed by atoms with Crippen LogP contribution in [0.2, 0.25) is 0 Å². The largest absolute Gasteiger partial charge is 0.394 e. The number of allylic oxidation sites excluding steroid dienone is 2. The predicted octanol–water partition coefficient (Wildman–Crippen LogP) is 1.23. The Balaban J connectivity index is 2.67. The van der Waals surface area contributed by atoms with E-state index < -0.39 is 5.60 Å². The lowest BCUT2D eigenvalue weighted by molar-refractivity contribution is -0.111. The molecule has 0 amide bonds. The quantitative estimate of drug-likeness (QED) is 0.719. The molecule has 0 atom stereocenters. The zero-order valence-corrected chi connectivity index (χ0v) is 8.40. The third-order valence-corrected chi connectivity index (χ3v) is 2.16. The number of hydrogen-bond donors (Lipinski definition) is 1. The number of carbonyl (C=O) groups is 1. The van der Waals surface area contributed by atoms with E-state index in [9.17, 15) is 4.79 Å². The smallest absolute Gasteiger partial charge is 0.178 e. The second-order valence-corrected chi connectivity index (χ2v) is 3.35. The topological polar surface area (TPSA) is 46.5 Å². The van der Waals surface area contributed by atoms with Crippen LogP contribution in [-0.2, 0) is 9.53 Å². The summed E-state index contributed by atoms with van der Waals surface area (Å²) >= 11 is 0. The summed E-state index contributed by atoms with van der Waals surface area (Å²) in [7, 11) is 0. The van der Waals surface area contributed by atoms with Crippen LogP contribution < -0.4 is 0 Å². The number of ketones is 1. The number of carbonyl (C=O) groups excluding carboxylic acids is 1. The zero-order valence-electron chi connectivity index (χ0n) is 8.40. The Bertz CT molecular complexity index is 237. The maximum Gasteiger partial charge on any atom is 0.178 e. The van der Waals surface area contributed by atoms with Crippen LogP contribution in [0.5, 0.6) is 0 Å². The van der Waals surface area contributed by atoms with Gasteiger partial charge in [0.2, 0.25) is 0 Å². The van der Waals surface area contributed by atoms with Gasteiger partial charge in [-0.1, -0.05) is 13.3 Å². The number of rotatable bonds is 5. The second kappa shape index (κ2) is 5.08. The third kappa shape index (κ3) is 2.79. The Morgan fingerprint density at radius 2 is 2.07 bits per heavy atom. The van der Waals surface area contributed by atoms with Crippen LogP contribution in [0.15, 0.2) is 24.3 Å². The summed E-state index contributed by atoms with van der Waals surface area (Å²) in [6.45, 7) is 2.35. The first-order valence-electron chi connectivity index (χ1n) is 4.90. The zero-order chi connectivity index (χ0) is 10.4. The molecule has 0 saturated heterocycles. The van der Waals surface area contributed by atoms with E-state index in [1.54, 1.807) is 12.2 Å². The summed E-state index contributed by atoms with van der Waals surface area (Å²) < 4.78 is 5.53. The van der Waals surface area contributed by atoms with Crippen molar-refractivity contribution in [2.24, 2.45) is 0 Å². The monoisotopic (exact) mass is 196 g/mol. The van der Waals surface area contributed by atoms with Gasteiger partial charge in [0.05, 0.1) is 13.2 Å². The van der Waals surface area contributed by atoms with Crippen molar-refractivity contribution in [3.63, 3.8) is 0 Å². The van der Waals surface area contributed by atoms with Gasteiger partial charge in [-0.3, -0.25) is 4.79 Å². The SMILES string of the molecule is CCCC1(OCCO)C=CC(=O)C=C1. The van der Waals surface area contributed by atoms with Gasteiger partial charge in [-0.2, -0.15) is 0 Å². The first kappa shape index (κ1) is 11.1. The molecule has 1 rings (SSSR count). The van der Waals surface area contributed by atoms with Gasteiger partial charge >= 0.3 is 0 Å². The number of aliphatic hydroxyl groups is 1. The summed E-state index contributed by atoms with van der Waals surface area (Å²) in [6.07, 6.45) is 8.38. The van der Waals surface area contributed by atoms with Crippen molar-refractivity contribution in [2.75, 3.05) is 13.2 Å². The van der Waals surface area contributed by atoms with Crippen molar-refractivity contribution in [3.05, 3.63) is 24.3 Å². The molecule has 0 heterocycles. The minimum atomic E-state index is -0.481. The Kier molecular flexibility index (Phi) is 4.04. The highest BCUT2D eigenvalue weighted by atomic mass is 16.5. The molecule has 0 aromatic heterocycles. The number of hydrogen-bond acceptors (Lipinski definition) is 3. The average Bonchev–Trinajstić information content (AvgIpc) is 2.20. The molecule has 78 valence electrons. The molecule has 1 aliphatic carbocycles. The van der Waals surface area contributed by atoms with E-state index in [0.717, 1.165) is 12.8 Å². The first-order chi connectivity index (χ1) is 6.72. The minimum Gasteiger partial charge on any atom is -0.394 e. The van der Waals surface area contributed by atoms with Crippen LogP contribution in [0.25, 0.3) is 0 Å². The van der Waals surface area contributed by atoms with Gasteiger partial charge in [0.25, 0.3) is 0 Å². The fourth-order valence-electron chi connectivity index (χ4n) is 1.52. The highest BCUT2D eigenvalue weighted by molar-refractivity contribution is 6.00. The molecule has 3 heteroatoms. The molecule has 0 fully saturated rings. The van der Waals surface area contributed by atoms with Crippen LogP contribution in [0.4, 0.5) is 0 Å². The fourth-order valence-corrected chi connectivity index (χ4v) is 1.52. The maximum atomic E-state index is 11.0. The summed E-state index contributed by atoms with van der Waals surface area (Å²) in [6, 6.07) is 0. The van der Waals surface area contributed by atoms with Gasteiger partial charge in [-0.05, 0) is 30.7 Å². The van der Waals surface area contributed by atoms with Crippen LogP contribution in [0.1, 0.15) is 19.8 Å². The standard InChI is InChI=1S/C11H16O3/c1-2-5-11(14-9-8-12)6-3-10(13)4-7-11/h3-4,6-7,12H,2,5,8-9H2,1H3. The Labute approximate surface area is 84.1 Å². The maximum absolute atomic E-state index is 11.0. The van der Waals surface area contributed by atoms with Crippen LogP contribution in [-0.4, -0.2) is 29.7 Å². The van der Waals surface area contributed by atoms with Crippen LogP contribution in [0, 0.1) is 0 Å². The van der Waals surface area contributed by atoms with Gasteiger partial charge < -0.3 is 9.84 Å². The molecule has 14 heavy (non-hydrogen) atoms. The molecule has 0 bridgehead atoms. The van der Waals surface area contributed by atoms with E-state index >= 15 is 0 Å². The normalized spacial score (nSPS) is 18.9. The third-order valence-electron chi connectivity index (χ3n) is 2.16. The van der Waals surface area contributed by atoms with E-state index in [-0.39, 0.29) is 12.4 Å². The van der Waals surface area contributed by atoms with E-state index in [2.05, 4.69) is 6.92 Å². The van der Waals surface area contributed by atoms with Crippen molar-refractivity contribution in [1.29, 1.82) is 0 Å². The van der Waals surface area contributed by atoms with Gasteiger partial charge in [-0.15, -0.1) is 0 Å². The summed E-state index contributed by atoms with van der Waals surface area (Å²) in [4.78, 5) is 11.0. The number of ether oxygens (including phenoxy) is 1. The molecule has 0 radical (unpaired) electrons. The fraction of sp³-hybridized carbons (Fsp3) is 0.545. The van der Waals surface area contributed by atoms with Gasteiger partial charge in [0.1, 0.15) is 5.60 Å². The molecule has 0 saturated carbocycles. The van der Waals surface area contributed by atoms with E-state index in [1.165, 1.54) is 12.2 Å².